The Morgan fingerprint density at radius 1 is 1.32 bits per heavy atom. The Bertz CT molecular complexity index is 383. The minimum Gasteiger partial charge on any atom is -0.469 e. The quantitative estimate of drug-likeness (QED) is 0.618. The summed E-state index contributed by atoms with van der Waals surface area (Å²) in [7, 11) is 1.34. The molecule has 0 spiro atoms. The fourth-order valence-electron chi connectivity index (χ4n) is 2.57. The van der Waals surface area contributed by atoms with Crippen molar-refractivity contribution in [3.63, 3.8) is 0 Å². The largest absolute Gasteiger partial charge is 0.469 e. The van der Waals surface area contributed by atoms with Crippen molar-refractivity contribution in [3.8, 4) is 0 Å². The van der Waals surface area contributed by atoms with Gasteiger partial charge in [-0.05, 0) is 33.1 Å². The van der Waals surface area contributed by atoms with Crippen LogP contribution in [0.1, 0.15) is 34.1 Å². The van der Waals surface area contributed by atoms with Gasteiger partial charge in [-0.1, -0.05) is 19.1 Å². The maximum atomic E-state index is 11.9. The normalized spacial score (nSPS) is 26.9. The second kappa shape index (κ2) is 5.63. The van der Waals surface area contributed by atoms with Crippen LogP contribution in [0.2, 0.25) is 0 Å². The number of methoxy groups -OCH3 is 1. The number of rotatable bonds is 2. The van der Waals surface area contributed by atoms with Gasteiger partial charge < -0.3 is 9.84 Å². The van der Waals surface area contributed by atoms with Crippen molar-refractivity contribution >= 4 is 12.1 Å². The van der Waals surface area contributed by atoms with Gasteiger partial charge in [0, 0.05) is 5.54 Å². The summed E-state index contributed by atoms with van der Waals surface area (Å²) < 4.78 is 4.82. The van der Waals surface area contributed by atoms with Crippen molar-refractivity contribution in [1.82, 2.24) is 4.90 Å². The Labute approximate surface area is 114 Å². The number of ether oxygens (including phenoxy) is 1. The van der Waals surface area contributed by atoms with Crippen molar-refractivity contribution in [2.75, 3.05) is 7.11 Å². The van der Waals surface area contributed by atoms with Crippen LogP contribution >= 0.6 is 0 Å². The van der Waals surface area contributed by atoms with Crippen LogP contribution in [-0.4, -0.2) is 40.8 Å². The van der Waals surface area contributed by atoms with Crippen molar-refractivity contribution < 1.29 is 19.4 Å². The third kappa shape index (κ3) is 3.49. The summed E-state index contributed by atoms with van der Waals surface area (Å²) in [5.41, 5.74) is -0.576. The molecule has 1 aliphatic rings. The van der Waals surface area contributed by atoms with E-state index < -0.39 is 23.6 Å². The average Bonchev–Trinajstić information content (AvgIpc) is 2.28. The number of amides is 1. The van der Waals surface area contributed by atoms with E-state index in [1.165, 1.54) is 12.0 Å². The molecular formula is C14H23NO4. The molecule has 0 fully saturated rings. The average molecular weight is 269 g/mol. The van der Waals surface area contributed by atoms with E-state index in [1.54, 1.807) is 0 Å². The van der Waals surface area contributed by atoms with Crippen LogP contribution in [-0.2, 0) is 9.53 Å². The third-order valence-corrected chi connectivity index (χ3v) is 3.41. The standard InChI is InChI=1S/C14H23NO4/c1-9-6-7-11(10(8-9)12(16)19-5)15(13(17)18)14(2,3)4/h6-7,9-11H,8H2,1-5H3,(H,17,18). The maximum absolute atomic E-state index is 11.9. The molecule has 0 bridgehead atoms. The first kappa shape index (κ1) is 15.5. The van der Waals surface area contributed by atoms with Gasteiger partial charge in [-0.25, -0.2) is 4.79 Å². The van der Waals surface area contributed by atoms with Gasteiger partial charge in [-0.15, -0.1) is 0 Å². The highest BCUT2D eigenvalue weighted by Gasteiger charge is 2.41. The predicted octanol–water partition coefficient (Wildman–Crippen LogP) is 2.52. The Morgan fingerprint density at radius 2 is 1.89 bits per heavy atom. The van der Waals surface area contributed by atoms with E-state index in [0.717, 1.165) is 0 Å². The fraction of sp³-hybridized carbons (Fsp3) is 0.714. The van der Waals surface area contributed by atoms with E-state index in [2.05, 4.69) is 0 Å². The molecular weight excluding hydrogens is 246 g/mol. The molecule has 5 heteroatoms. The monoisotopic (exact) mass is 269 g/mol. The summed E-state index contributed by atoms with van der Waals surface area (Å²) >= 11 is 0. The summed E-state index contributed by atoms with van der Waals surface area (Å²) in [5.74, 6) is -0.548. The number of carboxylic acid groups (broad SMARTS) is 1. The highest BCUT2D eigenvalue weighted by atomic mass is 16.5. The van der Waals surface area contributed by atoms with Gasteiger partial charge in [0.1, 0.15) is 0 Å². The lowest BCUT2D eigenvalue weighted by Crippen LogP contribution is -2.55. The molecule has 0 radical (unpaired) electrons. The van der Waals surface area contributed by atoms with Crippen LogP contribution in [0.25, 0.3) is 0 Å². The van der Waals surface area contributed by atoms with Crippen LogP contribution in [0.3, 0.4) is 0 Å². The van der Waals surface area contributed by atoms with Gasteiger partial charge in [-0.3, -0.25) is 9.69 Å². The van der Waals surface area contributed by atoms with Gasteiger partial charge in [0.25, 0.3) is 0 Å². The van der Waals surface area contributed by atoms with Crippen LogP contribution in [0, 0.1) is 11.8 Å². The van der Waals surface area contributed by atoms with Gasteiger partial charge in [0.2, 0.25) is 0 Å². The Hall–Kier alpha value is -1.52. The van der Waals surface area contributed by atoms with E-state index in [9.17, 15) is 14.7 Å². The molecule has 1 amide bonds. The topological polar surface area (TPSA) is 66.8 Å². The second-order valence-corrected chi connectivity index (χ2v) is 6.04. The Kier molecular flexibility index (Phi) is 4.61. The molecule has 3 unspecified atom stereocenters. The molecule has 0 saturated heterocycles. The van der Waals surface area contributed by atoms with Gasteiger partial charge in [-0.2, -0.15) is 0 Å². The number of carbonyl (C=O) groups excluding carboxylic acids is 1. The van der Waals surface area contributed by atoms with Crippen molar-refractivity contribution in [1.29, 1.82) is 0 Å². The predicted molar refractivity (Wildman–Crippen MR) is 71.8 cm³/mol. The number of hydrogen-bond acceptors (Lipinski definition) is 3. The molecule has 0 aliphatic heterocycles. The summed E-state index contributed by atoms with van der Waals surface area (Å²) in [6.07, 6.45) is 3.36. The van der Waals surface area contributed by atoms with Gasteiger partial charge in [0.15, 0.2) is 0 Å². The van der Waals surface area contributed by atoms with Crippen LogP contribution in [0.5, 0.6) is 0 Å². The van der Waals surface area contributed by atoms with Crippen LogP contribution in [0.4, 0.5) is 4.79 Å². The van der Waals surface area contributed by atoms with E-state index in [-0.39, 0.29) is 11.9 Å². The molecule has 5 nitrogen and oxygen atoms in total. The van der Waals surface area contributed by atoms with Gasteiger partial charge >= 0.3 is 12.1 Å². The molecule has 1 N–H and O–H groups in total. The number of esters is 1. The highest BCUT2D eigenvalue weighted by Crippen LogP contribution is 2.32. The lowest BCUT2D eigenvalue weighted by Gasteiger charge is -2.42. The summed E-state index contributed by atoms with van der Waals surface area (Å²) in [5, 5.41) is 9.44. The minimum absolute atomic E-state index is 0.246. The molecule has 0 aromatic rings. The third-order valence-electron chi connectivity index (χ3n) is 3.41. The first-order valence-corrected chi connectivity index (χ1v) is 6.47. The van der Waals surface area contributed by atoms with E-state index in [4.69, 9.17) is 4.74 Å². The molecule has 108 valence electrons. The highest BCUT2D eigenvalue weighted by molar-refractivity contribution is 5.76. The Morgan fingerprint density at radius 3 is 2.32 bits per heavy atom. The lowest BCUT2D eigenvalue weighted by molar-refractivity contribution is -0.148. The van der Waals surface area contributed by atoms with Crippen molar-refractivity contribution in [3.05, 3.63) is 12.2 Å². The first-order valence-electron chi connectivity index (χ1n) is 6.47. The number of nitrogens with zero attached hydrogens (tertiary/aromatic N) is 1. The van der Waals surface area contributed by atoms with E-state index in [0.29, 0.717) is 6.42 Å². The molecule has 1 aliphatic carbocycles. The summed E-state index contributed by atoms with van der Waals surface area (Å²) in [6.45, 7) is 7.47. The molecule has 1 rings (SSSR count). The number of carbonyl (C=O) groups is 2. The van der Waals surface area contributed by atoms with Gasteiger partial charge in [0.05, 0.1) is 19.1 Å². The van der Waals surface area contributed by atoms with E-state index in [1.807, 2.05) is 39.8 Å². The zero-order chi connectivity index (χ0) is 14.8. The minimum atomic E-state index is -1.02. The van der Waals surface area contributed by atoms with Crippen LogP contribution < -0.4 is 0 Å². The first-order chi connectivity index (χ1) is 8.68. The van der Waals surface area contributed by atoms with Crippen molar-refractivity contribution in [2.45, 2.75) is 45.7 Å². The second-order valence-electron chi connectivity index (χ2n) is 6.04. The zero-order valence-corrected chi connectivity index (χ0v) is 12.2. The SMILES string of the molecule is COC(=O)C1CC(C)C=CC1N(C(=O)O)C(C)(C)C. The number of allylic oxidation sites excluding steroid dienone is 1. The van der Waals surface area contributed by atoms with Crippen molar-refractivity contribution in [2.24, 2.45) is 11.8 Å². The molecule has 0 heterocycles. The summed E-state index contributed by atoms with van der Waals surface area (Å²) in [4.78, 5) is 24.8. The lowest BCUT2D eigenvalue weighted by atomic mass is 9.82. The zero-order valence-electron chi connectivity index (χ0n) is 12.2. The molecule has 0 saturated carbocycles. The Balaban J connectivity index is 3.14. The fourth-order valence-corrected chi connectivity index (χ4v) is 2.57. The molecule has 3 atom stereocenters. The number of hydrogen-bond donors (Lipinski definition) is 1. The van der Waals surface area contributed by atoms with Crippen LogP contribution in [0.15, 0.2) is 12.2 Å². The molecule has 0 aromatic heterocycles. The smallest absolute Gasteiger partial charge is 0.408 e. The molecule has 19 heavy (non-hydrogen) atoms. The maximum Gasteiger partial charge on any atom is 0.408 e. The molecule has 0 aromatic carbocycles. The van der Waals surface area contributed by atoms with E-state index >= 15 is 0 Å². The summed E-state index contributed by atoms with van der Waals surface area (Å²) in [6, 6.07) is -0.471.